The van der Waals surface area contributed by atoms with Crippen LogP contribution >= 0.6 is 11.3 Å². The van der Waals surface area contributed by atoms with E-state index in [1.165, 1.54) is 37.3 Å². The van der Waals surface area contributed by atoms with Gasteiger partial charge in [-0.05, 0) is 75.9 Å². The normalized spacial score (nSPS) is 12.0. The molecule has 0 aliphatic rings. The molecule has 0 fully saturated rings. The van der Waals surface area contributed by atoms with Crippen LogP contribution in [0.15, 0.2) is 36.4 Å². The summed E-state index contributed by atoms with van der Waals surface area (Å²) in [6.45, 7) is 8.41. The number of aromatic nitrogens is 1. The van der Waals surface area contributed by atoms with Gasteiger partial charge in [0.25, 0.3) is 0 Å². The fourth-order valence-electron chi connectivity index (χ4n) is 3.49. The molecule has 0 aliphatic carbocycles. The number of alkyl halides is 3. The van der Waals surface area contributed by atoms with Crippen LogP contribution in [0.4, 0.5) is 13.2 Å². The summed E-state index contributed by atoms with van der Waals surface area (Å²) < 4.78 is 44.1. The van der Waals surface area contributed by atoms with E-state index in [0.717, 1.165) is 28.8 Å². The Labute approximate surface area is 205 Å². The molecule has 1 aromatic heterocycles. The average molecular weight is 506 g/mol. The van der Waals surface area contributed by atoms with Crippen LogP contribution < -0.4 is 4.74 Å². The number of ketones is 1. The third kappa shape index (κ3) is 5.90. The van der Waals surface area contributed by atoms with Crippen molar-refractivity contribution in [1.82, 2.24) is 4.98 Å². The molecule has 0 saturated carbocycles. The van der Waals surface area contributed by atoms with Gasteiger partial charge >= 0.3 is 12.1 Å². The fourth-order valence-corrected chi connectivity index (χ4v) is 4.53. The first-order valence-electron chi connectivity index (χ1n) is 10.9. The van der Waals surface area contributed by atoms with Crippen molar-refractivity contribution in [3.8, 4) is 16.3 Å². The molecule has 35 heavy (non-hydrogen) atoms. The lowest BCUT2D eigenvalue weighted by molar-refractivity contribution is -0.152. The van der Waals surface area contributed by atoms with E-state index in [9.17, 15) is 27.9 Å². The molecule has 2 aromatic carbocycles. The van der Waals surface area contributed by atoms with Crippen molar-refractivity contribution in [1.29, 1.82) is 0 Å². The van der Waals surface area contributed by atoms with Gasteiger partial charge in [0.1, 0.15) is 10.8 Å². The van der Waals surface area contributed by atoms with Crippen LogP contribution in [0.5, 0.6) is 5.75 Å². The molecule has 0 amide bonds. The number of carbonyl (C=O) groups is 2. The van der Waals surface area contributed by atoms with E-state index in [0.29, 0.717) is 33.3 Å². The Bertz CT molecular complexity index is 1260. The number of carboxylic acids is 1. The lowest BCUT2D eigenvalue weighted by atomic mass is 9.97. The summed E-state index contributed by atoms with van der Waals surface area (Å²) in [6, 6.07) is 8.27. The number of halogens is 3. The highest BCUT2D eigenvalue weighted by Crippen LogP contribution is 2.34. The number of carbonyl (C=O) groups excluding carboxylic acids is 1. The molecule has 186 valence electrons. The van der Waals surface area contributed by atoms with Gasteiger partial charge in [0.15, 0.2) is 11.4 Å². The average Bonchev–Trinajstić information content (AvgIpc) is 3.17. The van der Waals surface area contributed by atoms with Crippen LogP contribution in [0.3, 0.4) is 0 Å². The second-order valence-electron chi connectivity index (χ2n) is 8.82. The number of carboxylic acid groups (broad SMARTS) is 1. The minimum atomic E-state index is -4.41. The Morgan fingerprint density at radius 3 is 2.20 bits per heavy atom. The van der Waals surface area contributed by atoms with Crippen molar-refractivity contribution < 1.29 is 32.6 Å². The number of thiazole rings is 1. The number of hydrogen-bond acceptors (Lipinski definition) is 5. The first kappa shape index (κ1) is 26.4. The Morgan fingerprint density at radius 2 is 1.63 bits per heavy atom. The van der Waals surface area contributed by atoms with Crippen LogP contribution in [-0.4, -0.2) is 27.4 Å². The molecule has 0 spiro atoms. The third-order valence-electron chi connectivity index (χ3n) is 5.86. The molecule has 5 nitrogen and oxygen atoms in total. The quantitative estimate of drug-likeness (QED) is 0.340. The van der Waals surface area contributed by atoms with E-state index in [-0.39, 0.29) is 12.2 Å². The summed E-state index contributed by atoms with van der Waals surface area (Å²) >= 11 is 1.17. The molecule has 9 heteroatoms. The van der Waals surface area contributed by atoms with Crippen LogP contribution in [-0.2, 0) is 17.4 Å². The zero-order valence-corrected chi connectivity index (χ0v) is 20.9. The summed E-state index contributed by atoms with van der Waals surface area (Å²) in [6.07, 6.45) is -3.70. The zero-order valence-electron chi connectivity index (χ0n) is 20.0. The van der Waals surface area contributed by atoms with Crippen LogP contribution in [0.1, 0.15) is 57.9 Å². The lowest BCUT2D eigenvalue weighted by Crippen LogP contribution is -2.38. The van der Waals surface area contributed by atoms with Gasteiger partial charge < -0.3 is 9.84 Å². The highest BCUT2D eigenvalue weighted by atomic mass is 32.1. The smallest absolute Gasteiger partial charge is 0.416 e. The molecular formula is C26H26F3NO4S. The van der Waals surface area contributed by atoms with Crippen LogP contribution in [0, 0.1) is 20.8 Å². The summed E-state index contributed by atoms with van der Waals surface area (Å²) in [5.41, 5.74) is 1.63. The van der Waals surface area contributed by atoms with Crippen LogP contribution in [0.2, 0.25) is 0 Å². The second-order valence-corrected chi connectivity index (χ2v) is 9.82. The summed E-state index contributed by atoms with van der Waals surface area (Å²) in [5, 5.41) is 9.79. The van der Waals surface area contributed by atoms with E-state index in [2.05, 4.69) is 4.98 Å². The van der Waals surface area contributed by atoms with Crippen molar-refractivity contribution in [2.24, 2.45) is 0 Å². The number of Topliss-reactive ketones (excluding diaryl/α,β-unsaturated/α-hetero) is 1. The van der Waals surface area contributed by atoms with E-state index in [4.69, 9.17) is 4.74 Å². The van der Waals surface area contributed by atoms with E-state index >= 15 is 0 Å². The van der Waals surface area contributed by atoms with Gasteiger partial charge in [-0.25, -0.2) is 9.78 Å². The second kappa shape index (κ2) is 9.81. The maximum absolute atomic E-state index is 12.9. The lowest BCUT2D eigenvalue weighted by Gasteiger charge is -2.24. The largest absolute Gasteiger partial charge is 0.478 e. The maximum atomic E-state index is 12.9. The molecule has 0 bridgehead atoms. The molecular weight excluding hydrogens is 479 g/mol. The predicted molar refractivity (Wildman–Crippen MR) is 128 cm³/mol. The van der Waals surface area contributed by atoms with Crippen molar-refractivity contribution in [3.05, 3.63) is 69.2 Å². The molecule has 0 saturated heterocycles. The Balaban J connectivity index is 1.73. The first-order chi connectivity index (χ1) is 16.2. The summed E-state index contributed by atoms with van der Waals surface area (Å²) in [7, 11) is 0. The van der Waals surface area contributed by atoms with Gasteiger partial charge in [-0.3, -0.25) is 4.79 Å². The predicted octanol–water partition coefficient (Wildman–Crippen LogP) is 6.81. The number of ether oxygens (including phenoxy) is 1. The van der Waals surface area contributed by atoms with Gasteiger partial charge in [0.2, 0.25) is 0 Å². The van der Waals surface area contributed by atoms with E-state index in [1.807, 2.05) is 19.9 Å². The van der Waals surface area contributed by atoms with Crippen molar-refractivity contribution >= 4 is 23.1 Å². The first-order valence-corrected chi connectivity index (χ1v) is 11.7. The zero-order chi connectivity index (χ0) is 26.1. The number of aliphatic carboxylic acids is 1. The number of benzene rings is 2. The standard InChI is InChI=1S/C26H26F3NO4S/c1-14-15(2)21(34-25(4,5)24(32)33)13-9-17(14)8-12-20(31)22-16(3)30-23(35-22)18-6-10-19(11-7-18)26(27,28)29/h6-7,9-11,13H,8,12H2,1-5H3,(H,32,33). The number of hydrogen-bond donors (Lipinski definition) is 1. The molecule has 3 aromatic rings. The molecule has 0 aliphatic heterocycles. The van der Waals surface area contributed by atoms with Gasteiger partial charge in [0.05, 0.1) is 16.1 Å². The third-order valence-corrected chi connectivity index (χ3v) is 7.11. The van der Waals surface area contributed by atoms with Crippen LogP contribution in [0.25, 0.3) is 10.6 Å². The Hall–Kier alpha value is -3.20. The molecule has 1 heterocycles. The van der Waals surface area contributed by atoms with Gasteiger partial charge in [0, 0.05) is 12.0 Å². The van der Waals surface area contributed by atoms with Gasteiger partial charge in [-0.1, -0.05) is 18.2 Å². The van der Waals surface area contributed by atoms with E-state index in [1.54, 1.807) is 13.0 Å². The SMILES string of the molecule is Cc1nc(-c2ccc(C(F)(F)F)cc2)sc1C(=O)CCc1ccc(OC(C)(C)C(=O)O)c(C)c1C. The number of aryl methyl sites for hydroxylation is 2. The monoisotopic (exact) mass is 505 g/mol. The Morgan fingerprint density at radius 1 is 1.00 bits per heavy atom. The van der Waals surface area contributed by atoms with E-state index < -0.39 is 23.3 Å². The highest BCUT2D eigenvalue weighted by molar-refractivity contribution is 7.17. The maximum Gasteiger partial charge on any atom is 0.416 e. The summed E-state index contributed by atoms with van der Waals surface area (Å²) in [4.78, 5) is 29.2. The van der Waals surface area contributed by atoms with Gasteiger partial charge in [-0.15, -0.1) is 11.3 Å². The molecule has 0 radical (unpaired) electrons. The molecule has 1 N–H and O–H groups in total. The summed E-state index contributed by atoms with van der Waals surface area (Å²) in [5.74, 6) is -0.688. The molecule has 0 atom stereocenters. The minimum absolute atomic E-state index is 0.0949. The highest BCUT2D eigenvalue weighted by Gasteiger charge is 2.31. The molecule has 0 unspecified atom stereocenters. The Kier molecular flexibility index (Phi) is 7.40. The van der Waals surface area contributed by atoms with Crippen molar-refractivity contribution in [3.63, 3.8) is 0 Å². The van der Waals surface area contributed by atoms with Crippen molar-refractivity contribution in [2.45, 2.75) is 59.2 Å². The topological polar surface area (TPSA) is 76.5 Å². The van der Waals surface area contributed by atoms with Gasteiger partial charge in [-0.2, -0.15) is 13.2 Å². The molecule has 3 rings (SSSR count). The number of nitrogens with zero attached hydrogens (tertiary/aromatic N) is 1. The minimum Gasteiger partial charge on any atom is -0.478 e. The number of rotatable bonds is 8. The fraction of sp³-hybridized carbons (Fsp3) is 0.346. The van der Waals surface area contributed by atoms with Crippen molar-refractivity contribution in [2.75, 3.05) is 0 Å².